The number of aliphatic hydroxyl groups excluding tert-OH is 1. The van der Waals surface area contributed by atoms with Crippen LogP contribution in [0.5, 0.6) is 5.75 Å². The SMILES string of the molecule is CCOCC(CCCC(=O)[C@@H]1CNC[C@H](C(=O)N(c2cc(OCC)c(CC)cn2)C2CC2)[C@@H]1O)CC(C)C. The van der Waals surface area contributed by atoms with E-state index in [-0.39, 0.29) is 17.7 Å². The molecule has 0 spiro atoms. The smallest absolute Gasteiger partial charge is 0.235 e. The second-order valence-electron chi connectivity index (χ2n) is 11.3. The number of hydrogen-bond acceptors (Lipinski definition) is 7. The predicted molar refractivity (Wildman–Crippen MR) is 149 cm³/mol. The van der Waals surface area contributed by atoms with Gasteiger partial charge < -0.3 is 19.9 Å². The van der Waals surface area contributed by atoms with Crippen LogP contribution in [-0.2, 0) is 20.7 Å². The Morgan fingerprint density at radius 3 is 2.53 bits per heavy atom. The second kappa shape index (κ2) is 14.9. The van der Waals surface area contributed by atoms with Crippen LogP contribution < -0.4 is 15.0 Å². The molecule has 0 aromatic carbocycles. The first kappa shape index (κ1) is 30.5. The Morgan fingerprint density at radius 1 is 1.16 bits per heavy atom. The normalized spacial score (nSPS) is 22.3. The Kier molecular flexibility index (Phi) is 12.0. The van der Waals surface area contributed by atoms with E-state index >= 15 is 0 Å². The Labute approximate surface area is 228 Å². The van der Waals surface area contributed by atoms with Crippen LogP contribution in [0.25, 0.3) is 0 Å². The lowest BCUT2D eigenvalue weighted by Gasteiger charge is -2.36. The van der Waals surface area contributed by atoms with E-state index in [4.69, 9.17) is 9.47 Å². The van der Waals surface area contributed by atoms with Gasteiger partial charge in [-0.05, 0) is 64.2 Å². The molecule has 2 N–H and O–H groups in total. The molecule has 1 saturated heterocycles. The third kappa shape index (κ3) is 8.23. The summed E-state index contributed by atoms with van der Waals surface area (Å²) in [6.45, 7) is 13.1. The molecule has 1 aliphatic heterocycles. The van der Waals surface area contributed by atoms with Gasteiger partial charge in [0.2, 0.25) is 5.91 Å². The van der Waals surface area contributed by atoms with Gasteiger partial charge in [0, 0.05) is 56.6 Å². The standard InChI is InChI=1S/C30H49N3O5/c1-6-22-16-32-28(15-27(22)38-8-3)33(23-12-13-23)30(36)25-18-31-17-24(29(25)35)26(34)11-9-10-21(14-20(4)5)19-37-7-2/h15-16,20-21,23-25,29,31,35H,6-14,17-19H2,1-5H3/t21?,24-,25-,29+/m0/s1. The summed E-state index contributed by atoms with van der Waals surface area (Å²) in [5, 5.41) is 14.5. The summed E-state index contributed by atoms with van der Waals surface area (Å²) in [5.74, 6) is 0.919. The highest BCUT2D eigenvalue weighted by Gasteiger charge is 2.45. The number of nitrogens with zero attached hydrogens (tertiary/aromatic N) is 2. The van der Waals surface area contributed by atoms with E-state index in [0.717, 1.165) is 56.4 Å². The van der Waals surface area contributed by atoms with Crippen LogP contribution >= 0.6 is 0 Å². The van der Waals surface area contributed by atoms with Crippen molar-refractivity contribution >= 4 is 17.5 Å². The molecule has 1 aliphatic carbocycles. The van der Waals surface area contributed by atoms with Gasteiger partial charge in [-0.15, -0.1) is 0 Å². The molecular weight excluding hydrogens is 482 g/mol. The van der Waals surface area contributed by atoms with E-state index < -0.39 is 17.9 Å². The first-order valence-electron chi connectivity index (χ1n) is 14.7. The lowest BCUT2D eigenvalue weighted by molar-refractivity contribution is -0.135. The number of carbonyl (C=O) groups is 2. The number of rotatable bonds is 16. The summed E-state index contributed by atoms with van der Waals surface area (Å²) >= 11 is 0. The van der Waals surface area contributed by atoms with E-state index in [9.17, 15) is 14.7 Å². The molecule has 1 aromatic rings. The van der Waals surface area contributed by atoms with Crippen LogP contribution in [0.1, 0.15) is 78.7 Å². The van der Waals surface area contributed by atoms with Crippen molar-refractivity contribution in [3.8, 4) is 5.75 Å². The topological polar surface area (TPSA) is 101 Å². The molecule has 214 valence electrons. The number of aromatic nitrogens is 1. The van der Waals surface area contributed by atoms with Crippen molar-refractivity contribution in [2.45, 2.75) is 91.7 Å². The lowest BCUT2D eigenvalue weighted by atomic mass is 9.81. The van der Waals surface area contributed by atoms with Gasteiger partial charge in [0.05, 0.1) is 24.5 Å². The number of ketones is 1. The average Bonchev–Trinajstić information content (AvgIpc) is 3.72. The lowest BCUT2D eigenvalue weighted by Crippen LogP contribution is -2.56. The van der Waals surface area contributed by atoms with Crippen LogP contribution in [0.4, 0.5) is 5.82 Å². The molecule has 1 aromatic heterocycles. The van der Waals surface area contributed by atoms with E-state index in [1.165, 1.54) is 0 Å². The van der Waals surface area contributed by atoms with Crippen molar-refractivity contribution in [1.82, 2.24) is 10.3 Å². The molecule has 1 saturated carbocycles. The molecule has 1 amide bonds. The molecule has 0 bridgehead atoms. The van der Waals surface area contributed by atoms with Crippen molar-refractivity contribution in [2.75, 3.05) is 37.8 Å². The van der Waals surface area contributed by atoms with Crippen molar-refractivity contribution in [3.05, 3.63) is 17.8 Å². The molecule has 1 unspecified atom stereocenters. The predicted octanol–water partition coefficient (Wildman–Crippen LogP) is 4.17. The summed E-state index contributed by atoms with van der Waals surface area (Å²) in [6, 6.07) is 1.92. The highest BCUT2D eigenvalue weighted by atomic mass is 16.5. The fraction of sp³-hybridized carbons (Fsp3) is 0.767. The molecule has 38 heavy (non-hydrogen) atoms. The minimum atomic E-state index is -1.01. The maximum Gasteiger partial charge on any atom is 0.235 e. The van der Waals surface area contributed by atoms with Crippen LogP contribution in [-0.4, -0.2) is 66.8 Å². The van der Waals surface area contributed by atoms with E-state index in [2.05, 4.69) is 24.1 Å². The number of piperidine rings is 1. The number of Topliss-reactive ketones (excluding diaryl/α,β-unsaturated/α-hetero) is 1. The first-order chi connectivity index (χ1) is 18.3. The molecule has 2 fully saturated rings. The quantitative estimate of drug-likeness (QED) is 0.330. The molecule has 3 rings (SSSR count). The maximum atomic E-state index is 13.8. The monoisotopic (exact) mass is 531 g/mol. The fourth-order valence-electron chi connectivity index (χ4n) is 5.56. The fourth-order valence-corrected chi connectivity index (χ4v) is 5.56. The van der Waals surface area contributed by atoms with Gasteiger partial charge in [0.15, 0.2) is 0 Å². The van der Waals surface area contributed by atoms with Gasteiger partial charge in [-0.2, -0.15) is 0 Å². The zero-order chi connectivity index (χ0) is 27.7. The number of nitrogens with one attached hydrogen (secondary N) is 1. The van der Waals surface area contributed by atoms with E-state index in [0.29, 0.717) is 50.4 Å². The van der Waals surface area contributed by atoms with Crippen LogP contribution in [0.15, 0.2) is 12.3 Å². The number of carbonyl (C=O) groups excluding carboxylic acids is 2. The van der Waals surface area contributed by atoms with Gasteiger partial charge >= 0.3 is 0 Å². The van der Waals surface area contributed by atoms with Crippen molar-refractivity contribution < 1.29 is 24.2 Å². The second-order valence-corrected chi connectivity index (χ2v) is 11.3. The zero-order valence-corrected chi connectivity index (χ0v) is 24.1. The third-order valence-corrected chi connectivity index (χ3v) is 7.69. The van der Waals surface area contributed by atoms with Gasteiger partial charge in [-0.3, -0.25) is 14.5 Å². The minimum absolute atomic E-state index is 0.0317. The van der Waals surface area contributed by atoms with Crippen LogP contribution in [0, 0.1) is 23.7 Å². The molecule has 2 heterocycles. The van der Waals surface area contributed by atoms with E-state index in [1.807, 2.05) is 26.8 Å². The molecule has 8 heteroatoms. The van der Waals surface area contributed by atoms with Gasteiger partial charge in [-0.1, -0.05) is 20.8 Å². The number of pyridine rings is 1. The highest BCUT2D eigenvalue weighted by molar-refractivity contribution is 5.96. The molecular formula is C30H49N3O5. The largest absolute Gasteiger partial charge is 0.493 e. The number of hydrogen-bond donors (Lipinski definition) is 2. The van der Waals surface area contributed by atoms with Crippen molar-refractivity contribution in [1.29, 1.82) is 0 Å². The summed E-state index contributed by atoms with van der Waals surface area (Å²) in [5.41, 5.74) is 1.00. The number of aryl methyl sites for hydroxylation is 1. The van der Waals surface area contributed by atoms with Crippen molar-refractivity contribution in [3.63, 3.8) is 0 Å². The average molecular weight is 532 g/mol. The molecule has 8 nitrogen and oxygen atoms in total. The first-order valence-corrected chi connectivity index (χ1v) is 14.7. The molecule has 4 atom stereocenters. The van der Waals surface area contributed by atoms with Crippen LogP contribution in [0.3, 0.4) is 0 Å². The Morgan fingerprint density at radius 2 is 1.89 bits per heavy atom. The minimum Gasteiger partial charge on any atom is -0.493 e. The number of anilines is 1. The van der Waals surface area contributed by atoms with Crippen LogP contribution in [0.2, 0.25) is 0 Å². The molecule has 2 aliphatic rings. The molecule has 0 radical (unpaired) electrons. The summed E-state index contributed by atoms with van der Waals surface area (Å²) in [7, 11) is 0. The number of amides is 1. The van der Waals surface area contributed by atoms with E-state index in [1.54, 1.807) is 11.1 Å². The summed E-state index contributed by atoms with van der Waals surface area (Å²) in [6.07, 6.45) is 6.57. The van der Waals surface area contributed by atoms with Gasteiger partial charge in [0.1, 0.15) is 17.4 Å². The summed E-state index contributed by atoms with van der Waals surface area (Å²) < 4.78 is 11.5. The highest BCUT2D eigenvalue weighted by Crippen LogP contribution is 2.36. The Hall–Kier alpha value is -2.03. The zero-order valence-electron chi connectivity index (χ0n) is 24.1. The van der Waals surface area contributed by atoms with Crippen molar-refractivity contribution in [2.24, 2.45) is 23.7 Å². The van der Waals surface area contributed by atoms with Gasteiger partial charge in [0.25, 0.3) is 0 Å². The number of aliphatic hydroxyl groups is 1. The number of ether oxygens (including phenoxy) is 2. The Bertz CT molecular complexity index is 904. The maximum absolute atomic E-state index is 13.8. The third-order valence-electron chi connectivity index (χ3n) is 7.69. The summed E-state index contributed by atoms with van der Waals surface area (Å²) in [4.78, 5) is 33.3. The Balaban J connectivity index is 1.65. The van der Waals surface area contributed by atoms with Gasteiger partial charge in [-0.25, -0.2) is 4.98 Å².